The number of rotatable bonds is 4. The molecule has 1 unspecified atom stereocenters. The zero-order chi connectivity index (χ0) is 12.3. The fourth-order valence-electron chi connectivity index (χ4n) is 1.38. The molecule has 1 N–H and O–H groups in total. The Labute approximate surface area is 91.6 Å². The summed E-state index contributed by atoms with van der Waals surface area (Å²) in [7, 11) is 1.28. The van der Waals surface area contributed by atoms with Crippen molar-refractivity contribution in [1.29, 1.82) is 0 Å². The van der Waals surface area contributed by atoms with E-state index in [4.69, 9.17) is 9.84 Å². The average Bonchev–Trinajstić information content (AvgIpc) is 2.26. The second-order valence-corrected chi connectivity index (χ2v) is 3.39. The highest BCUT2D eigenvalue weighted by atomic mass is 19.1. The largest absolute Gasteiger partial charge is 0.493 e. The van der Waals surface area contributed by atoms with Gasteiger partial charge in [-0.3, -0.25) is 10.1 Å². The van der Waals surface area contributed by atoms with Crippen molar-refractivity contribution >= 4 is 5.69 Å². The van der Waals surface area contributed by atoms with E-state index in [-0.39, 0.29) is 23.6 Å². The van der Waals surface area contributed by atoms with Crippen LogP contribution in [0.15, 0.2) is 12.1 Å². The van der Waals surface area contributed by atoms with E-state index >= 15 is 0 Å². The van der Waals surface area contributed by atoms with Gasteiger partial charge in [-0.15, -0.1) is 0 Å². The predicted molar refractivity (Wildman–Crippen MR) is 55.1 cm³/mol. The molecule has 88 valence electrons. The maximum atomic E-state index is 13.5. The molecular weight excluding hydrogens is 217 g/mol. The van der Waals surface area contributed by atoms with Gasteiger partial charge in [-0.05, 0) is 0 Å². The van der Waals surface area contributed by atoms with Gasteiger partial charge in [0.25, 0.3) is 5.69 Å². The van der Waals surface area contributed by atoms with Crippen LogP contribution in [0.5, 0.6) is 5.75 Å². The minimum Gasteiger partial charge on any atom is -0.493 e. The van der Waals surface area contributed by atoms with Gasteiger partial charge in [0, 0.05) is 24.2 Å². The fraction of sp³-hybridized carbons (Fsp3) is 0.400. The van der Waals surface area contributed by atoms with Crippen molar-refractivity contribution in [1.82, 2.24) is 0 Å². The molecule has 1 aromatic carbocycles. The average molecular weight is 229 g/mol. The maximum absolute atomic E-state index is 13.5. The first-order valence-corrected chi connectivity index (χ1v) is 4.64. The summed E-state index contributed by atoms with van der Waals surface area (Å²) < 4.78 is 18.3. The number of non-ortho nitro benzene ring substituents is 1. The third kappa shape index (κ3) is 2.27. The van der Waals surface area contributed by atoms with E-state index in [0.717, 1.165) is 6.07 Å². The van der Waals surface area contributed by atoms with Crippen molar-refractivity contribution in [2.45, 2.75) is 12.8 Å². The molecule has 0 amide bonds. The minimum atomic E-state index is -0.799. The minimum absolute atomic E-state index is 0.0628. The van der Waals surface area contributed by atoms with Crippen LogP contribution in [0.4, 0.5) is 10.1 Å². The van der Waals surface area contributed by atoms with E-state index in [9.17, 15) is 14.5 Å². The smallest absolute Gasteiger partial charge is 0.272 e. The summed E-state index contributed by atoms with van der Waals surface area (Å²) in [5, 5.41) is 19.5. The zero-order valence-electron chi connectivity index (χ0n) is 8.94. The van der Waals surface area contributed by atoms with E-state index < -0.39 is 16.7 Å². The van der Waals surface area contributed by atoms with Crippen LogP contribution < -0.4 is 4.74 Å². The molecule has 0 aliphatic heterocycles. The van der Waals surface area contributed by atoms with Crippen molar-refractivity contribution < 1.29 is 19.2 Å². The topological polar surface area (TPSA) is 72.6 Å². The number of nitrogens with zero attached hydrogens (tertiary/aromatic N) is 1. The van der Waals surface area contributed by atoms with Gasteiger partial charge in [0.1, 0.15) is 0 Å². The Morgan fingerprint density at radius 1 is 1.62 bits per heavy atom. The number of aliphatic hydroxyl groups is 1. The van der Waals surface area contributed by atoms with Crippen molar-refractivity contribution in [3.05, 3.63) is 33.6 Å². The van der Waals surface area contributed by atoms with Crippen molar-refractivity contribution in [2.75, 3.05) is 13.7 Å². The van der Waals surface area contributed by atoms with Crippen molar-refractivity contribution in [3.8, 4) is 5.75 Å². The molecule has 1 rings (SSSR count). The Balaban J connectivity index is 3.36. The highest BCUT2D eigenvalue weighted by molar-refractivity contribution is 5.46. The lowest BCUT2D eigenvalue weighted by atomic mass is 10.00. The SMILES string of the molecule is COc1c(F)cc([N+](=O)[O-])cc1C(C)CO. The Morgan fingerprint density at radius 2 is 2.25 bits per heavy atom. The molecule has 1 aromatic rings. The molecule has 1 atom stereocenters. The summed E-state index contributed by atoms with van der Waals surface area (Å²) in [6.07, 6.45) is 0. The third-order valence-electron chi connectivity index (χ3n) is 2.28. The molecule has 5 nitrogen and oxygen atoms in total. The Kier molecular flexibility index (Phi) is 3.78. The molecule has 0 bridgehead atoms. The normalized spacial score (nSPS) is 12.2. The van der Waals surface area contributed by atoms with Gasteiger partial charge >= 0.3 is 0 Å². The molecule has 0 saturated heterocycles. The fourth-order valence-corrected chi connectivity index (χ4v) is 1.38. The van der Waals surface area contributed by atoms with E-state index in [1.807, 2.05) is 0 Å². The van der Waals surface area contributed by atoms with Gasteiger partial charge in [-0.2, -0.15) is 0 Å². The van der Waals surface area contributed by atoms with Crippen LogP contribution in [0.1, 0.15) is 18.4 Å². The van der Waals surface area contributed by atoms with Crippen LogP contribution in [-0.2, 0) is 0 Å². The number of hydrogen-bond acceptors (Lipinski definition) is 4. The van der Waals surface area contributed by atoms with Crippen LogP contribution in [0.25, 0.3) is 0 Å². The van der Waals surface area contributed by atoms with Crippen molar-refractivity contribution in [2.24, 2.45) is 0 Å². The van der Waals surface area contributed by atoms with Gasteiger partial charge in [0.15, 0.2) is 11.6 Å². The lowest BCUT2D eigenvalue weighted by Gasteiger charge is -2.13. The van der Waals surface area contributed by atoms with Crippen LogP contribution in [0.3, 0.4) is 0 Å². The van der Waals surface area contributed by atoms with Gasteiger partial charge in [-0.25, -0.2) is 4.39 Å². The molecule has 0 aromatic heterocycles. The molecule has 0 radical (unpaired) electrons. The Morgan fingerprint density at radius 3 is 2.69 bits per heavy atom. The lowest BCUT2D eigenvalue weighted by Crippen LogP contribution is -2.05. The van der Waals surface area contributed by atoms with Crippen molar-refractivity contribution in [3.63, 3.8) is 0 Å². The molecule has 0 aliphatic rings. The van der Waals surface area contributed by atoms with E-state index in [1.54, 1.807) is 6.92 Å². The van der Waals surface area contributed by atoms with E-state index in [0.29, 0.717) is 0 Å². The van der Waals surface area contributed by atoms with E-state index in [1.165, 1.54) is 13.2 Å². The summed E-state index contributed by atoms with van der Waals surface area (Å²) in [4.78, 5) is 9.87. The van der Waals surface area contributed by atoms with Gasteiger partial charge in [0.05, 0.1) is 18.1 Å². The molecule has 0 fully saturated rings. The summed E-state index contributed by atoms with van der Waals surface area (Å²) in [5.74, 6) is -1.29. The summed E-state index contributed by atoms with van der Waals surface area (Å²) >= 11 is 0. The number of hydrogen-bond donors (Lipinski definition) is 1. The highest BCUT2D eigenvalue weighted by Gasteiger charge is 2.20. The van der Waals surface area contributed by atoms with Crippen LogP contribution >= 0.6 is 0 Å². The number of methoxy groups -OCH3 is 1. The molecule has 16 heavy (non-hydrogen) atoms. The third-order valence-corrected chi connectivity index (χ3v) is 2.28. The standard InChI is InChI=1S/C10H12FNO4/c1-6(5-13)8-3-7(12(14)15)4-9(11)10(8)16-2/h3-4,6,13H,5H2,1-2H3. The van der Waals surface area contributed by atoms with Gasteiger partial charge < -0.3 is 9.84 Å². The molecule has 0 aliphatic carbocycles. The summed E-state index contributed by atoms with van der Waals surface area (Å²) in [6.45, 7) is 1.39. The number of aliphatic hydroxyl groups excluding tert-OH is 1. The molecule has 0 heterocycles. The molecule has 0 spiro atoms. The Bertz CT molecular complexity index is 408. The summed E-state index contributed by atoms with van der Waals surface area (Å²) in [5.41, 5.74) is -0.0645. The number of halogens is 1. The molecule has 0 saturated carbocycles. The summed E-state index contributed by atoms with van der Waals surface area (Å²) in [6, 6.07) is 2.01. The van der Waals surface area contributed by atoms with E-state index in [2.05, 4.69) is 0 Å². The quantitative estimate of drug-likeness (QED) is 0.631. The lowest BCUT2D eigenvalue weighted by molar-refractivity contribution is -0.385. The Hall–Kier alpha value is -1.69. The zero-order valence-corrected chi connectivity index (χ0v) is 8.94. The maximum Gasteiger partial charge on any atom is 0.272 e. The first kappa shape index (κ1) is 12.4. The number of nitro benzene ring substituents is 1. The number of benzene rings is 1. The number of ether oxygens (including phenoxy) is 1. The second kappa shape index (κ2) is 4.89. The first-order chi connectivity index (χ1) is 7.51. The predicted octanol–water partition coefficient (Wildman–Crippen LogP) is 1.84. The van der Waals surface area contributed by atoms with Gasteiger partial charge in [-0.1, -0.05) is 6.92 Å². The van der Waals surface area contributed by atoms with Crippen LogP contribution in [0, 0.1) is 15.9 Å². The highest BCUT2D eigenvalue weighted by Crippen LogP contribution is 2.32. The van der Waals surface area contributed by atoms with Crippen LogP contribution in [-0.4, -0.2) is 23.7 Å². The monoisotopic (exact) mass is 229 g/mol. The molecule has 6 heteroatoms. The first-order valence-electron chi connectivity index (χ1n) is 4.64. The van der Waals surface area contributed by atoms with Crippen LogP contribution in [0.2, 0.25) is 0 Å². The second-order valence-electron chi connectivity index (χ2n) is 3.39. The van der Waals surface area contributed by atoms with Gasteiger partial charge in [0.2, 0.25) is 0 Å². The molecular formula is C10H12FNO4. The number of nitro groups is 1.